The molecule has 0 aromatic heterocycles. The van der Waals surface area contributed by atoms with Gasteiger partial charge in [-0.25, -0.2) is 0 Å². The van der Waals surface area contributed by atoms with Crippen molar-refractivity contribution >= 4 is 12.6 Å². The van der Waals surface area contributed by atoms with Gasteiger partial charge in [0.05, 0.1) is 0 Å². The Kier molecular flexibility index (Phi) is 10.9. The molecule has 0 spiro atoms. The Labute approximate surface area is 132 Å². The van der Waals surface area contributed by atoms with Crippen molar-refractivity contribution in [3.63, 3.8) is 0 Å². The number of thiol groups is 1. The first-order valence-electron chi connectivity index (χ1n) is 8.78. The number of hydrogen-bond acceptors (Lipinski definition) is 3. The average Bonchev–Trinajstić information content (AvgIpc) is 2.43. The van der Waals surface area contributed by atoms with Gasteiger partial charge in [-0.2, -0.15) is 12.6 Å². The zero-order valence-corrected chi connectivity index (χ0v) is 14.7. The minimum Gasteiger partial charge on any atom is -0.301 e. The summed E-state index contributed by atoms with van der Waals surface area (Å²) in [6.07, 6.45) is 9.76. The van der Waals surface area contributed by atoms with Crippen LogP contribution in [0.5, 0.6) is 0 Å². The fourth-order valence-corrected chi connectivity index (χ4v) is 3.27. The molecule has 1 heterocycles. The quantitative estimate of drug-likeness (QED) is 0.456. The van der Waals surface area contributed by atoms with Gasteiger partial charge in [-0.05, 0) is 31.1 Å². The lowest BCUT2D eigenvalue weighted by molar-refractivity contribution is 0.121. The summed E-state index contributed by atoms with van der Waals surface area (Å²) < 4.78 is 0. The maximum atomic E-state index is 4.25. The van der Waals surface area contributed by atoms with Gasteiger partial charge >= 0.3 is 0 Å². The number of nitrogens with zero attached hydrogens (tertiary/aromatic N) is 2. The molecule has 0 aromatic carbocycles. The van der Waals surface area contributed by atoms with Gasteiger partial charge in [-0.15, -0.1) is 0 Å². The first kappa shape index (κ1) is 18.3. The fraction of sp³-hybridized carbons (Fsp3) is 1.00. The van der Waals surface area contributed by atoms with Crippen LogP contribution in [0.25, 0.3) is 0 Å². The summed E-state index contributed by atoms with van der Waals surface area (Å²) in [6.45, 7) is 12.4. The molecule has 1 rings (SSSR count). The molecule has 0 atom stereocenters. The summed E-state index contributed by atoms with van der Waals surface area (Å²) in [5.41, 5.74) is 0. The van der Waals surface area contributed by atoms with Crippen LogP contribution in [-0.2, 0) is 0 Å². The van der Waals surface area contributed by atoms with Crippen LogP contribution in [0.15, 0.2) is 0 Å². The van der Waals surface area contributed by atoms with E-state index in [-0.39, 0.29) is 0 Å². The molecule has 0 amide bonds. The molecular formula is C17H36N2S. The Balaban J connectivity index is 1.89. The first-order chi connectivity index (χ1) is 9.72. The van der Waals surface area contributed by atoms with E-state index in [0.717, 1.165) is 11.7 Å². The van der Waals surface area contributed by atoms with Crippen molar-refractivity contribution in [3.8, 4) is 0 Å². The summed E-state index contributed by atoms with van der Waals surface area (Å²) in [7, 11) is 0. The van der Waals surface area contributed by atoms with Crippen LogP contribution >= 0.6 is 12.6 Å². The third kappa shape index (κ3) is 9.25. The van der Waals surface area contributed by atoms with E-state index in [9.17, 15) is 0 Å². The maximum Gasteiger partial charge on any atom is 0.0110 e. The number of unbranched alkanes of at least 4 members (excludes halogenated alkanes) is 6. The van der Waals surface area contributed by atoms with E-state index in [0.29, 0.717) is 0 Å². The van der Waals surface area contributed by atoms with Crippen molar-refractivity contribution in [2.45, 2.75) is 58.8 Å². The van der Waals surface area contributed by atoms with E-state index in [1.54, 1.807) is 0 Å². The highest BCUT2D eigenvalue weighted by Crippen LogP contribution is 2.10. The van der Waals surface area contributed by atoms with Crippen molar-refractivity contribution in [2.75, 3.05) is 45.0 Å². The molecule has 1 aliphatic heterocycles. The van der Waals surface area contributed by atoms with Gasteiger partial charge in [0.25, 0.3) is 0 Å². The largest absolute Gasteiger partial charge is 0.301 e. The van der Waals surface area contributed by atoms with E-state index >= 15 is 0 Å². The summed E-state index contributed by atoms with van der Waals surface area (Å²) >= 11 is 4.25. The van der Waals surface area contributed by atoms with Crippen LogP contribution in [0.4, 0.5) is 0 Å². The Morgan fingerprint density at radius 2 is 1.25 bits per heavy atom. The van der Waals surface area contributed by atoms with Crippen molar-refractivity contribution in [1.82, 2.24) is 9.80 Å². The lowest BCUT2D eigenvalue weighted by Crippen LogP contribution is -2.47. The molecule has 0 aromatic rings. The molecular weight excluding hydrogens is 264 g/mol. The van der Waals surface area contributed by atoms with Crippen molar-refractivity contribution in [2.24, 2.45) is 5.92 Å². The molecule has 120 valence electrons. The molecule has 1 aliphatic rings. The first-order valence-corrected chi connectivity index (χ1v) is 9.41. The number of piperazine rings is 1. The Morgan fingerprint density at radius 3 is 1.80 bits per heavy atom. The van der Waals surface area contributed by atoms with E-state index in [1.807, 2.05) is 0 Å². The van der Waals surface area contributed by atoms with Gasteiger partial charge in [-0.1, -0.05) is 46.0 Å². The van der Waals surface area contributed by atoms with E-state index in [4.69, 9.17) is 0 Å². The molecule has 20 heavy (non-hydrogen) atoms. The number of hydrogen-bond donors (Lipinski definition) is 1. The third-order valence-electron chi connectivity index (χ3n) is 4.22. The second kappa shape index (κ2) is 11.9. The Morgan fingerprint density at radius 1 is 0.750 bits per heavy atom. The normalized spacial score (nSPS) is 18.0. The molecule has 3 heteroatoms. The molecule has 2 nitrogen and oxygen atoms in total. The van der Waals surface area contributed by atoms with Crippen LogP contribution < -0.4 is 0 Å². The topological polar surface area (TPSA) is 6.48 Å². The molecule has 1 saturated heterocycles. The summed E-state index contributed by atoms with van der Waals surface area (Å²) in [6, 6.07) is 0. The van der Waals surface area contributed by atoms with Gasteiger partial charge in [0.15, 0.2) is 0 Å². The highest BCUT2D eigenvalue weighted by Gasteiger charge is 2.16. The predicted octanol–water partition coefficient (Wildman–Crippen LogP) is 3.92. The van der Waals surface area contributed by atoms with E-state index in [1.165, 1.54) is 84.2 Å². The zero-order valence-electron chi connectivity index (χ0n) is 13.8. The van der Waals surface area contributed by atoms with Gasteiger partial charge in [0.2, 0.25) is 0 Å². The van der Waals surface area contributed by atoms with Crippen molar-refractivity contribution < 1.29 is 0 Å². The van der Waals surface area contributed by atoms with Crippen LogP contribution in [0, 0.1) is 5.92 Å². The van der Waals surface area contributed by atoms with Crippen LogP contribution in [0.3, 0.4) is 0 Å². The minimum absolute atomic E-state index is 0.809. The molecule has 0 N–H and O–H groups in total. The zero-order chi connectivity index (χ0) is 14.6. The summed E-state index contributed by atoms with van der Waals surface area (Å²) in [4.78, 5) is 5.29. The standard InChI is InChI=1S/C17H36N2S/c1-17(2)16-19-13-11-18(12-14-19)10-8-6-4-3-5-7-9-15-20/h17,20H,3-16H2,1-2H3. The lowest BCUT2D eigenvalue weighted by Gasteiger charge is -2.35. The smallest absolute Gasteiger partial charge is 0.0110 e. The second-order valence-electron chi connectivity index (χ2n) is 6.73. The molecule has 1 fully saturated rings. The summed E-state index contributed by atoms with van der Waals surface area (Å²) in [5.74, 6) is 1.87. The van der Waals surface area contributed by atoms with Crippen molar-refractivity contribution in [1.29, 1.82) is 0 Å². The van der Waals surface area contributed by atoms with Gasteiger partial charge < -0.3 is 9.80 Å². The Hall–Kier alpha value is 0.270. The summed E-state index contributed by atoms with van der Waals surface area (Å²) in [5, 5.41) is 0. The predicted molar refractivity (Wildman–Crippen MR) is 93.9 cm³/mol. The SMILES string of the molecule is CC(C)CN1CCN(CCCCCCCCCS)CC1. The molecule has 0 radical (unpaired) electrons. The van der Waals surface area contributed by atoms with E-state index < -0.39 is 0 Å². The highest BCUT2D eigenvalue weighted by molar-refractivity contribution is 7.80. The fourth-order valence-electron chi connectivity index (χ4n) is 3.04. The van der Waals surface area contributed by atoms with Crippen LogP contribution in [-0.4, -0.2) is 54.8 Å². The van der Waals surface area contributed by atoms with Crippen LogP contribution in [0.1, 0.15) is 58.8 Å². The van der Waals surface area contributed by atoms with Gasteiger partial charge in [0.1, 0.15) is 0 Å². The third-order valence-corrected chi connectivity index (χ3v) is 4.54. The highest BCUT2D eigenvalue weighted by atomic mass is 32.1. The van der Waals surface area contributed by atoms with Crippen molar-refractivity contribution in [3.05, 3.63) is 0 Å². The number of rotatable bonds is 11. The molecule has 0 aliphatic carbocycles. The second-order valence-corrected chi connectivity index (χ2v) is 7.18. The molecule has 0 unspecified atom stereocenters. The van der Waals surface area contributed by atoms with Gasteiger partial charge in [-0.3, -0.25) is 0 Å². The monoisotopic (exact) mass is 300 g/mol. The molecule has 0 bridgehead atoms. The van der Waals surface area contributed by atoms with Gasteiger partial charge in [0, 0.05) is 32.7 Å². The van der Waals surface area contributed by atoms with Crippen LogP contribution in [0.2, 0.25) is 0 Å². The Bertz CT molecular complexity index is 213. The minimum atomic E-state index is 0.809. The lowest BCUT2D eigenvalue weighted by atomic mass is 10.1. The maximum absolute atomic E-state index is 4.25. The van der Waals surface area contributed by atoms with E-state index in [2.05, 4.69) is 36.3 Å². The molecule has 0 saturated carbocycles. The average molecular weight is 301 g/mol.